The van der Waals surface area contributed by atoms with E-state index >= 15 is 0 Å². The van der Waals surface area contributed by atoms with Crippen LogP contribution in [0, 0.1) is 51.8 Å². The van der Waals surface area contributed by atoms with Crippen molar-refractivity contribution in [2.24, 2.45) is 51.8 Å². The van der Waals surface area contributed by atoms with Crippen molar-refractivity contribution in [1.29, 1.82) is 0 Å². The monoisotopic (exact) mass is 398 g/mol. The van der Waals surface area contributed by atoms with E-state index in [1.165, 1.54) is 69.8 Å². The quantitative estimate of drug-likeness (QED) is 0.489. The van der Waals surface area contributed by atoms with Gasteiger partial charge in [0.2, 0.25) is 0 Å². The Morgan fingerprint density at radius 2 is 1.66 bits per heavy atom. The van der Waals surface area contributed by atoms with E-state index in [4.69, 9.17) is 0 Å². The molecule has 0 aromatic carbocycles. The Hall–Kier alpha value is -0.300. The molecular formula is C28H46O. The van der Waals surface area contributed by atoms with Gasteiger partial charge in [-0.05, 0) is 136 Å². The van der Waals surface area contributed by atoms with Crippen molar-refractivity contribution in [3.63, 3.8) is 0 Å². The molecule has 5 aliphatic rings. The third kappa shape index (κ3) is 2.74. The fraction of sp³-hybridized carbons (Fsp3) is 0.929. The lowest BCUT2D eigenvalue weighted by Crippen LogP contribution is -2.51. The Bertz CT molecular complexity index is 676. The topological polar surface area (TPSA) is 20.2 Å². The third-order valence-electron chi connectivity index (χ3n) is 11.8. The standard InChI is InChI=1S/C28H46O/c1-18(2)7-6-8-19(3)21-9-11-23-24-12-10-22-20(4)25(29)13-14-27(22)17-28(24,27)16-15-26(21,23)5/h7,19-25,29H,6,8-17H2,1-5H3. The molecule has 0 aromatic rings. The molecule has 0 aliphatic heterocycles. The zero-order valence-corrected chi connectivity index (χ0v) is 19.8. The summed E-state index contributed by atoms with van der Waals surface area (Å²) in [5.41, 5.74) is 3.42. The summed E-state index contributed by atoms with van der Waals surface area (Å²) in [5, 5.41) is 10.5. The summed E-state index contributed by atoms with van der Waals surface area (Å²) < 4.78 is 0. The average molecular weight is 399 g/mol. The highest BCUT2D eigenvalue weighted by molar-refractivity contribution is 5.27. The van der Waals surface area contributed by atoms with Crippen LogP contribution in [0.15, 0.2) is 11.6 Å². The lowest BCUT2D eigenvalue weighted by Gasteiger charge is -2.57. The van der Waals surface area contributed by atoms with E-state index in [9.17, 15) is 5.11 Å². The average Bonchev–Trinajstić information content (AvgIpc) is 3.21. The maximum absolute atomic E-state index is 10.5. The lowest BCUT2D eigenvalue weighted by molar-refractivity contribution is -0.101. The number of fused-ring (bicyclic) bond motifs is 2. The molecule has 5 rings (SSSR count). The second-order valence-corrected chi connectivity index (χ2v) is 12.9. The fourth-order valence-electron chi connectivity index (χ4n) is 10.4. The Kier molecular flexibility index (Phi) is 4.86. The van der Waals surface area contributed by atoms with Gasteiger partial charge in [-0.25, -0.2) is 0 Å². The van der Waals surface area contributed by atoms with Gasteiger partial charge in [0.15, 0.2) is 0 Å². The molecule has 2 spiro atoms. The highest BCUT2D eigenvalue weighted by Gasteiger charge is 2.78. The first kappa shape index (κ1) is 20.6. The molecule has 10 atom stereocenters. The van der Waals surface area contributed by atoms with E-state index in [1.807, 2.05) is 0 Å². The Labute approximate surface area is 180 Å². The summed E-state index contributed by atoms with van der Waals surface area (Å²) in [4.78, 5) is 0. The molecule has 1 nitrogen and oxygen atoms in total. The van der Waals surface area contributed by atoms with Crippen LogP contribution in [-0.4, -0.2) is 11.2 Å². The number of hydrogen-bond acceptors (Lipinski definition) is 1. The summed E-state index contributed by atoms with van der Waals surface area (Å²) in [7, 11) is 0. The minimum absolute atomic E-state index is 0.0220. The van der Waals surface area contributed by atoms with Crippen molar-refractivity contribution in [2.75, 3.05) is 0 Å². The van der Waals surface area contributed by atoms with Gasteiger partial charge in [0.1, 0.15) is 0 Å². The molecule has 0 saturated heterocycles. The van der Waals surface area contributed by atoms with E-state index < -0.39 is 0 Å². The van der Waals surface area contributed by atoms with Gasteiger partial charge in [0.05, 0.1) is 6.10 Å². The van der Waals surface area contributed by atoms with Crippen molar-refractivity contribution in [3.8, 4) is 0 Å². The van der Waals surface area contributed by atoms with Crippen LogP contribution >= 0.6 is 0 Å². The first-order chi connectivity index (χ1) is 13.8. The first-order valence-electron chi connectivity index (χ1n) is 13.1. The number of hydrogen-bond donors (Lipinski definition) is 1. The van der Waals surface area contributed by atoms with E-state index in [1.54, 1.807) is 0 Å². The minimum atomic E-state index is -0.0220. The predicted octanol–water partition coefficient (Wildman–Crippen LogP) is 7.39. The zero-order valence-electron chi connectivity index (χ0n) is 19.8. The normalized spacial score (nSPS) is 53.9. The summed E-state index contributed by atoms with van der Waals surface area (Å²) in [6.45, 7) is 12.1. The van der Waals surface area contributed by atoms with Gasteiger partial charge in [-0.15, -0.1) is 0 Å². The van der Waals surface area contributed by atoms with Gasteiger partial charge < -0.3 is 5.11 Å². The predicted molar refractivity (Wildman–Crippen MR) is 121 cm³/mol. The first-order valence-corrected chi connectivity index (χ1v) is 13.1. The molecule has 1 N–H and O–H groups in total. The molecule has 164 valence electrons. The molecule has 29 heavy (non-hydrogen) atoms. The summed E-state index contributed by atoms with van der Waals surface area (Å²) >= 11 is 0. The van der Waals surface area contributed by atoms with Crippen LogP contribution in [0.25, 0.3) is 0 Å². The minimum Gasteiger partial charge on any atom is -0.393 e. The van der Waals surface area contributed by atoms with Gasteiger partial charge in [-0.1, -0.05) is 32.4 Å². The van der Waals surface area contributed by atoms with Crippen LogP contribution in [0.4, 0.5) is 0 Å². The second-order valence-electron chi connectivity index (χ2n) is 12.9. The summed E-state index contributed by atoms with van der Waals surface area (Å²) in [6, 6.07) is 0. The van der Waals surface area contributed by atoms with Crippen molar-refractivity contribution in [2.45, 2.75) is 111 Å². The van der Waals surface area contributed by atoms with Crippen molar-refractivity contribution < 1.29 is 5.11 Å². The molecule has 5 aliphatic carbocycles. The molecule has 5 saturated carbocycles. The Morgan fingerprint density at radius 1 is 0.966 bits per heavy atom. The molecule has 5 fully saturated rings. The summed E-state index contributed by atoms with van der Waals surface area (Å²) in [5.74, 6) is 5.21. The molecule has 0 heterocycles. The van der Waals surface area contributed by atoms with E-state index in [-0.39, 0.29) is 6.10 Å². The maximum atomic E-state index is 10.5. The molecule has 0 amide bonds. The van der Waals surface area contributed by atoms with Crippen LogP contribution in [0.5, 0.6) is 0 Å². The van der Waals surface area contributed by atoms with Gasteiger partial charge in [0.25, 0.3) is 0 Å². The zero-order chi connectivity index (χ0) is 20.6. The molecule has 0 bridgehead atoms. The highest BCUT2D eigenvalue weighted by atomic mass is 16.3. The van der Waals surface area contributed by atoms with Crippen LogP contribution in [0.3, 0.4) is 0 Å². The van der Waals surface area contributed by atoms with Crippen molar-refractivity contribution in [3.05, 3.63) is 11.6 Å². The smallest absolute Gasteiger partial charge is 0.0568 e. The van der Waals surface area contributed by atoms with Crippen LogP contribution in [-0.2, 0) is 0 Å². The SMILES string of the molecule is CC(C)=CCCC(C)C1CCC2C3CCC4C(C)C(O)CCC45CC35CCC12C. The number of allylic oxidation sites excluding steroid dienone is 2. The van der Waals surface area contributed by atoms with Crippen molar-refractivity contribution >= 4 is 0 Å². The second kappa shape index (κ2) is 6.85. The van der Waals surface area contributed by atoms with E-state index in [0.29, 0.717) is 22.2 Å². The fourth-order valence-corrected chi connectivity index (χ4v) is 10.4. The molecule has 1 heteroatoms. The van der Waals surface area contributed by atoms with Gasteiger partial charge in [-0.3, -0.25) is 0 Å². The molecule has 10 unspecified atom stereocenters. The number of aliphatic hydroxyl groups is 1. The molecular weight excluding hydrogens is 352 g/mol. The van der Waals surface area contributed by atoms with Crippen LogP contribution in [0.2, 0.25) is 0 Å². The van der Waals surface area contributed by atoms with Crippen LogP contribution < -0.4 is 0 Å². The van der Waals surface area contributed by atoms with Gasteiger partial charge in [0, 0.05) is 0 Å². The maximum Gasteiger partial charge on any atom is 0.0568 e. The van der Waals surface area contributed by atoms with E-state index in [0.717, 1.165) is 36.0 Å². The van der Waals surface area contributed by atoms with Crippen LogP contribution in [0.1, 0.15) is 105 Å². The lowest BCUT2D eigenvalue weighted by atomic mass is 9.48. The molecule has 0 aromatic heterocycles. The van der Waals surface area contributed by atoms with Gasteiger partial charge in [-0.2, -0.15) is 0 Å². The third-order valence-corrected chi connectivity index (χ3v) is 11.8. The Morgan fingerprint density at radius 3 is 2.41 bits per heavy atom. The largest absolute Gasteiger partial charge is 0.393 e. The Balaban J connectivity index is 1.34. The van der Waals surface area contributed by atoms with Gasteiger partial charge >= 0.3 is 0 Å². The summed E-state index contributed by atoms with van der Waals surface area (Å²) in [6.07, 6.45) is 18.0. The number of aliphatic hydroxyl groups excluding tert-OH is 1. The van der Waals surface area contributed by atoms with Crippen molar-refractivity contribution in [1.82, 2.24) is 0 Å². The molecule has 0 radical (unpaired) electrons. The number of rotatable bonds is 4. The van der Waals surface area contributed by atoms with E-state index in [2.05, 4.69) is 40.7 Å². The highest BCUT2D eigenvalue weighted by Crippen LogP contribution is 2.86.